The molecule has 1 N–H and O–H groups in total. The second-order valence-corrected chi connectivity index (χ2v) is 12.1. The lowest BCUT2D eigenvalue weighted by molar-refractivity contribution is -0.141. The average Bonchev–Trinajstić information content (AvgIpc) is 2.89. The number of amides is 2. The summed E-state index contributed by atoms with van der Waals surface area (Å²) in [5, 5.41) is 3.55. The van der Waals surface area contributed by atoms with Gasteiger partial charge in [-0.25, -0.2) is 8.42 Å². The van der Waals surface area contributed by atoms with Crippen molar-refractivity contribution in [3.8, 4) is 0 Å². The summed E-state index contributed by atoms with van der Waals surface area (Å²) in [6.45, 7) is 4.12. The summed E-state index contributed by atoms with van der Waals surface area (Å²) in [6, 6.07) is 24.7. The summed E-state index contributed by atoms with van der Waals surface area (Å²) < 4.78 is 26.3. The first-order chi connectivity index (χ1) is 18.5. The van der Waals surface area contributed by atoms with Gasteiger partial charge in [-0.2, -0.15) is 0 Å². The molecular formula is C30H36ClN3O4S. The number of carbonyl (C=O) groups is 2. The van der Waals surface area contributed by atoms with Crippen LogP contribution in [-0.4, -0.2) is 50.0 Å². The number of nitrogens with one attached hydrogen (secondary N) is 1. The highest BCUT2D eigenvalue weighted by Crippen LogP contribution is 2.20. The summed E-state index contributed by atoms with van der Waals surface area (Å²) >= 11 is 6.08. The molecule has 0 aliphatic rings. The lowest BCUT2D eigenvalue weighted by Crippen LogP contribution is -2.51. The van der Waals surface area contributed by atoms with E-state index in [1.807, 2.05) is 62.4 Å². The Labute approximate surface area is 236 Å². The highest BCUT2D eigenvalue weighted by molar-refractivity contribution is 7.92. The number of rotatable bonds is 13. The van der Waals surface area contributed by atoms with Gasteiger partial charge in [0.1, 0.15) is 6.04 Å². The number of anilines is 1. The van der Waals surface area contributed by atoms with Crippen molar-refractivity contribution in [2.75, 3.05) is 17.1 Å². The smallest absolute Gasteiger partial charge is 0.243 e. The van der Waals surface area contributed by atoms with Gasteiger partial charge >= 0.3 is 0 Å². The number of hydrogen-bond donors (Lipinski definition) is 1. The molecule has 3 rings (SSSR count). The Hall–Kier alpha value is -3.36. The van der Waals surface area contributed by atoms with Crippen molar-refractivity contribution in [3.05, 3.63) is 101 Å². The molecule has 9 heteroatoms. The Bertz CT molecular complexity index is 1320. The maximum Gasteiger partial charge on any atom is 0.243 e. The quantitative estimate of drug-likeness (QED) is 0.312. The largest absolute Gasteiger partial charge is 0.352 e. The van der Waals surface area contributed by atoms with Crippen LogP contribution >= 0.6 is 11.6 Å². The Kier molecular flexibility index (Phi) is 10.9. The Balaban J connectivity index is 1.87. The van der Waals surface area contributed by atoms with Gasteiger partial charge in [-0.05, 0) is 55.7 Å². The lowest BCUT2D eigenvalue weighted by Gasteiger charge is -2.32. The minimum Gasteiger partial charge on any atom is -0.352 e. The molecule has 0 unspecified atom stereocenters. The average molecular weight is 570 g/mol. The van der Waals surface area contributed by atoms with Crippen LogP contribution in [0.3, 0.4) is 0 Å². The molecular weight excluding hydrogens is 534 g/mol. The normalized spacial score (nSPS) is 12.1. The van der Waals surface area contributed by atoms with Crippen molar-refractivity contribution in [1.82, 2.24) is 10.2 Å². The number of hydrogen-bond acceptors (Lipinski definition) is 4. The van der Waals surface area contributed by atoms with Gasteiger partial charge in [-0.3, -0.25) is 13.9 Å². The number of carbonyl (C=O) groups excluding carboxylic acids is 2. The Morgan fingerprint density at radius 2 is 1.46 bits per heavy atom. The summed E-state index contributed by atoms with van der Waals surface area (Å²) in [7, 11) is -3.54. The number of nitrogens with zero attached hydrogens (tertiary/aromatic N) is 2. The maximum atomic E-state index is 13.8. The van der Waals surface area contributed by atoms with Crippen molar-refractivity contribution in [1.29, 1.82) is 0 Å². The van der Waals surface area contributed by atoms with E-state index in [4.69, 9.17) is 11.6 Å². The van der Waals surface area contributed by atoms with Crippen LogP contribution in [-0.2, 0) is 32.6 Å². The molecule has 0 aliphatic carbocycles. The van der Waals surface area contributed by atoms with Crippen LogP contribution in [0.1, 0.15) is 37.8 Å². The third-order valence-corrected chi connectivity index (χ3v) is 7.61. The van der Waals surface area contributed by atoms with E-state index in [0.29, 0.717) is 23.6 Å². The van der Waals surface area contributed by atoms with E-state index in [2.05, 4.69) is 5.32 Å². The molecule has 3 aromatic rings. The summed E-state index contributed by atoms with van der Waals surface area (Å²) in [5.74, 6) is -0.468. The zero-order chi connectivity index (χ0) is 28.4. The standard InChI is InChI=1S/C30H36ClN3O4S/c1-23(2)32-30(36)28(21-24-11-6-4-7-12-24)33(22-25-16-18-26(31)19-17-25)29(35)15-10-20-34(39(3,37)38)27-13-8-5-9-14-27/h4-9,11-14,16-19,23,28H,10,15,20-22H2,1-3H3,(H,32,36)/t28-/m1/s1. The SMILES string of the molecule is CC(C)NC(=O)[C@@H](Cc1ccccc1)N(Cc1ccc(Cl)cc1)C(=O)CCCN(c1ccccc1)S(C)(=O)=O. The van der Waals surface area contributed by atoms with Crippen LogP contribution in [0.5, 0.6) is 0 Å². The molecule has 39 heavy (non-hydrogen) atoms. The molecule has 0 radical (unpaired) electrons. The van der Waals surface area contributed by atoms with Crippen LogP contribution in [0.4, 0.5) is 5.69 Å². The van der Waals surface area contributed by atoms with Gasteiger partial charge in [0, 0.05) is 37.0 Å². The predicted octanol–water partition coefficient (Wildman–Crippen LogP) is 5.05. The van der Waals surface area contributed by atoms with Crippen LogP contribution in [0.2, 0.25) is 5.02 Å². The summed E-state index contributed by atoms with van der Waals surface area (Å²) in [6.07, 6.45) is 1.87. The number of halogens is 1. The topological polar surface area (TPSA) is 86.8 Å². The second-order valence-electron chi connectivity index (χ2n) is 9.79. The molecule has 0 bridgehead atoms. The third kappa shape index (κ3) is 9.41. The minimum absolute atomic E-state index is 0.0761. The molecule has 0 aromatic heterocycles. The highest BCUT2D eigenvalue weighted by Gasteiger charge is 2.31. The fourth-order valence-electron chi connectivity index (χ4n) is 4.32. The zero-order valence-corrected chi connectivity index (χ0v) is 24.2. The van der Waals surface area contributed by atoms with E-state index in [9.17, 15) is 18.0 Å². The van der Waals surface area contributed by atoms with Crippen molar-refractivity contribution >= 4 is 39.1 Å². The van der Waals surface area contributed by atoms with E-state index < -0.39 is 16.1 Å². The van der Waals surface area contributed by atoms with Gasteiger partial charge in [0.2, 0.25) is 21.8 Å². The predicted molar refractivity (Wildman–Crippen MR) is 157 cm³/mol. The first-order valence-electron chi connectivity index (χ1n) is 13.0. The number of para-hydroxylation sites is 1. The Morgan fingerprint density at radius 1 is 0.872 bits per heavy atom. The monoisotopic (exact) mass is 569 g/mol. The molecule has 0 spiro atoms. The molecule has 0 saturated heterocycles. The highest BCUT2D eigenvalue weighted by atomic mass is 35.5. The van der Waals surface area contributed by atoms with Crippen LogP contribution in [0.15, 0.2) is 84.9 Å². The molecule has 3 aromatic carbocycles. The number of benzene rings is 3. The van der Waals surface area contributed by atoms with Gasteiger partial charge in [0.05, 0.1) is 11.9 Å². The van der Waals surface area contributed by atoms with E-state index in [0.717, 1.165) is 17.4 Å². The first kappa shape index (κ1) is 30.2. The molecule has 0 heterocycles. The van der Waals surface area contributed by atoms with Gasteiger partial charge in [-0.15, -0.1) is 0 Å². The van der Waals surface area contributed by atoms with E-state index in [1.165, 1.54) is 4.31 Å². The summed E-state index contributed by atoms with van der Waals surface area (Å²) in [5.41, 5.74) is 2.32. The van der Waals surface area contributed by atoms with Gasteiger partial charge in [0.25, 0.3) is 0 Å². The lowest BCUT2D eigenvalue weighted by atomic mass is 10.0. The molecule has 208 valence electrons. The van der Waals surface area contributed by atoms with E-state index >= 15 is 0 Å². The number of sulfonamides is 1. The zero-order valence-electron chi connectivity index (χ0n) is 22.6. The van der Waals surface area contributed by atoms with Crippen molar-refractivity contribution in [3.63, 3.8) is 0 Å². The molecule has 7 nitrogen and oxygen atoms in total. The fourth-order valence-corrected chi connectivity index (χ4v) is 5.41. The molecule has 0 saturated carbocycles. The summed E-state index contributed by atoms with van der Waals surface area (Å²) in [4.78, 5) is 28.8. The van der Waals surface area contributed by atoms with Gasteiger partial charge < -0.3 is 10.2 Å². The molecule has 2 amide bonds. The van der Waals surface area contributed by atoms with Crippen LogP contribution < -0.4 is 9.62 Å². The molecule has 0 aliphatic heterocycles. The second kappa shape index (κ2) is 14.1. The minimum atomic E-state index is -3.54. The fraction of sp³-hybridized carbons (Fsp3) is 0.333. The Morgan fingerprint density at radius 3 is 2.03 bits per heavy atom. The maximum absolute atomic E-state index is 13.8. The van der Waals surface area contributed by atoms with Gasteiger partial charge in [-0.1, -0.05) is 72.3 Å². The molecule has 1 atom stereocenters. The molecule has 0 fully saturated rings. The van der Waals surface area contributed by atoms with Crippen LogP contribution in [0.25, 0.3) is 0 Å². The first-order valence-corrected chi connectivity index (χ1v) is 15.2. The van der Waals surface area contributed by atoms with E-state index in [-0.39, 0.29) is 37.4 Å². The third-order valence-electron chi connectivity index (χ3n) is 6.16. The van der Waals surface area contributed by atoms with Gasteiger partial charge in [0.15, 0.2) is 0 Å². The van der Waals surface area contributed by atoms with Crippen molar-refractivity contribution < 1.29 is 18.0 Å². The van der Waals surface area contributed by atoms with E-state index in [1.54, 1.807) is 41.3 Å². The van der Waals surface area contributed by atoms with Crippen molar-refractivity contribution in [2.24, 2.45) is 0 Å². The van der Waals surface area contributed by atoms with Crippen molar-refractivity contribution in [2.45, 2.75) is 51.7 Å². The van der Waals surface area contributed by atoms with Crippen LogP contribution in [0, 0.1) is 0 Å².